The van der Waals surface area contributed by atoms with Gasteiger partial charge in [0.25, 0.3) is 5.69 Å². The lowest BCUT2D eigenvalue weighted by atomic mass is 10.1. The molecule has 6 heteroatoms. The number of nitro benzene ring substituents is 1. The Morgan fingerprint density at radius 2 is 1.40 bits per heavy atom. The third-order valence-electron chi connectivity index (χ3n) is 2.93. The fourth-order valence-electron chi connectivity index (χ4n) is 1.67. The van der Waals surface area contributed by atoms with E-state index in [-0.39, 0.29) is 30.2 Å². The minimum atomic E-state index is -0.494. The number of rotatable bonds is 3. The quantitative estimate of drug-likeness (QED) is 0.367. The molecule has 0 unspecified atom stereocenters. The maximum Gasteiger partial charge on any atom is 0.297 e. The van der Waals surface area contributed by atoms with Crippen LogP contribution in [-0.2, 0) is 0 Å². The van der Waals surface area contributed by atoms with E-state index >= 15 is 0 Å². The molecule has 0 radical (unpaired) electrons. The van der Waals surface area contributed by atoms with E-state index in [4.69, 9.17) is 0 Å². The average molecular weight is 347 g/mol. The molecule has 138 valence electrons. The number of hydrogen-bond acceptors (Lipinski definition) is 5. The average Bonchev–Trinajstić information content (AvgIpc) is 2.60. The van der Waals surface area contributed by atoms with Gasteiger partial charge in [-0.2, -0.15) is 0 Å². The largest absolute Gasteiger partial charge is 0.506 e. The molecule has 0 atom stereocenters. The molecule has 0 heterocycles. The summed E-state index contributed by atoms with van der Waals surface area (Å²) in [5.74, 6) is -0.0252. The van der Waals surface area contributed by atoms with Crippen LogP contribution in [0.3, 0.4) is 0 Å². The number of aryl methyl sites for hydroxylation is 2. The van der Waals surface area contributed by atoms with Gasteiger partial charge in [0.15, 0.2) is 5.69 Å². The fraction of sp³-hybridized carbons (Fsp3) is 0.368. The molecule has 25 heavy (non-hydrogen) atoms. The zero-order chi connectivity index (χ0) is 18.7. The number of nitrogens with zero attached hydrogens (tertiary/aromatic N) is 3. The van der Waals surface area contributed by atoms with Crippen molar-refractivity contribution < 1.29 is 10.0 Å². The predicted molar refractivity (Wildman–Crippen MR) is 104 cm³/mol. The molecule has 0 bridgehead atoms. The molecule has 0 amide bonds. The van der Waals surface area contributed by atoms with Crippen molar-refractivity contribution in [1.82, 2.24) is 0 Å². The van der Waals surface area contributed by atoms with E-state index in [0.29, 0.717) is 0 Å². The second-order valence-electron chi connectivity index (χ2n) is 4.37. The summed E-state index contributed by atoms with van der Waals surface area (Å²) in [4.78, 5) is 10.5. The SMILES string of the molecule is C.CC.CC.Cc1cc(N=Nc2ccccc2O)c([N+](=O)[O-])cc1C. The van der Waals surface area contributed by atoms with Crippen molar-refractivity contribution >= 4 is 17.1 Å². The highest BCUT2D eigenvalue weighted by Crippen LogP contribution is 2.33. The number of nitro groups is 1. The summed E-state index contributed by atoms with van der Waals surface area (Å²) in [5.41, 5.74) is 2.04. The smallest absolute Gasteiger partial charge is 0.297 e. The maximum atomic E-state index is 11.0. The van der Waals surface area contributed by atoms with Gasteiger partial charge in [-0.25, -0.2) is 0 Å². The van der Waals surface area contributed by atoms with Crippen LogP contribution in [0.4, 0.5) is 17.1 Å². The summed E-state index contributed by atoms with van der Waals surface area (Å²) in [7, 11) is 0. The highest BCUT2D eigenvalue weighted by Gasteiger charge is 2.15. The van der Waals surface area contributed by atoms with Crippen molar-refractivity contribution in [2.24, 2.45) is 10.2 Å². The third kappa shape index (κ3) is 7.12. The Balaban J connectivity index is 0. The molecule has 6 nitrogen and oxygen atoms in total. The van der Waals surface area contributed by atoms with E-state index in [9.17, 15) is 15.2 Å². The standard InChI is InChI=1S/C14H13N3O3.2C2H6.CH4/c1-9-7-12(13(17(19)20)8-10(9)2)16-15-11-5-3-4-6-14(11)18;2*1-2;/h3-8,18H,1-2H3;2*1-2H3;1H4. The van der Waals surface area contributed by atoms with Crippen LogP contribution < -0.4 is 0 Å². The van der Waals surface area contributed by atoms with Crippen LogP contribution in [0, 0.1) is 24.0 Å². The van der Waals surface area contributed by atoms with E-state index in [2.05, 4.69) is 10.2 Å². The lowest BCUT2D eigenvalue weighted by Gasteiger charge is -2.02. The Morgan fingerprint density at radius 1 is 0.920 bits per heavy atom. The summed E-state index contributed by atoms with van der Waals surface area (Å²) in [6.07, 6.45) is 0. The summed E-state index contributed by atoms with van der Waals surface area (Å²) in [6.45, 7) is 11.6. The van der Waals surface area contributed by atoms with Gasteiger partial charge in [0.1, 0.15) is 11.4 Å². The van der Waals surface area contributed by atoms with Crippen molar-refractivity contribution in [3.8, 4) is 5.75 Å². The van der Waals surface area contributed by atoms with Gasteiger partial charge < -0.3 is 5.11 Å². The molecule has 0 aliphatic heterocycles. The topological polar surface area (TPSA) is 88.1 Å². The molecule has 0 aromatic heterocycles. The number of azo groups is 1. The molecule has 0 saturated heterocycles. The Labute approximate surface area is 150 Å². The van der Waals surface area contributed by atoms with Gasteiger partial charge >= 0.3 is 0 Å². The van der Waals surface area contributed by atoms with E-state index in [1.54, 1.807) is 31.2 Å². The first-order valence-corrected chi connectivity index (χ1v) is 7.94. The van der Waals surface area contributed by atoms with Gasteiger partial charge in [-0.1, -0.05) is 47.3 Å². The van der Waals surface area contributed by atoms with Crippen molar-refractivity contribution in [2.75, 3.05) is 0 Å². The van der Waals surface area contributed by atoms with Gasteiger partial charge in [0.2, 0.25) is 0 Å². The molecule has 1 N–H and O–H groups in total. The normalized spacial score (nSPS) is 9.20. The number of aromatic hydroxyl groups is 1. The van der Waals surface area contributed by atoms with Gasteiger partial charge in [-0.05, 0) is 43.2 Å². The molecule has 0 aliphatic carbocycles. The lowest BCUT2D eigenvalue weighted by molar-refractivity contribution is -0.384. The number of para-hydroxylation sites is 1. The van der Waals surface area contributed by atoms with Crippen molar-refractivity contribution in [3.05, 3.63) is 57.6 Å². The summed E-state index contributed by atoms with van der Waals surface area (Å²) < 4.78 is 0. The lowest BCUT2D eigenvalue weighted by Crippen LogP contribution is -1.91. The highest BCUT2D eigenvalue weighted by atomic mass is 16.6. The zero-order valence-corrected chi connectivity index (χ0v) is 15.1. The van der Waals surface area contributed by atoms with Crippen LogP contribution in [-0.4, -0.2) is 10.0 Å². The van der Waals surface area contributed by atoms with Crippen molar-refractivity contribution in [3.63, 3.8) is 0 Å². The number of phenols is 1. The fourth-order valence-corrected chi connectivity index (χ4v) is 1.67. The first-order valence-electron chi connectivity index (χ1n) is 7.94. The van der Waals surface area contributed by atoms with Gasteiger partial charge in [-0.15, -0.1) is 10.2 Å². The Bertz CT molecular complexity index is 698. The summed E-state index contributed by atoms with van der Waals surface area (Å²) in [5, 5.41) is 28.3. The number of phenolic OH excluding ortho intramolecular Hbond substituents is 1. The van der Waals surface area contributed by atoms with Crippen molar-refractivity contribution in [2.45, 2.75) is 49.0 Å². The first kappa shape index (κ1) is 24.5. The van der Waals surface area contributed by atoms with E-state index in [1.807, 2.05) is 34.6 Å². The van der Waals surface area contributed by atoms with Crippen LogP contribution in [0.2, 0.25) is 0 Å². The minimum absolute atomic E-state index is 0. The third-order valence-corrected chi connectivity index (χ3v) is 2.93. The predicted octanol–water partition coefficient (Wildman–Crippen LogP) is 7.02. The Hall–Kier alpha value is -2.76. The Morgan fingerprint density at radius 3 is 1.92 bits per heavy atom. The first-order chi connectivity index (χ1) is 11.5. The van der Waals surface area contributed by atoms with Crippen LogP contribution >= 0.6 is 0 Å². The molecule has 0 saturated carbocycles. The zero-order valence-electron chi connectivity index (χ0n) is 15.1. The van der Waals surface area contributed by atoms with Crippen LogP contribution in [0.1, 0.15) is 46.2 Å². The molecule has 2 aromatic rings. The Kier molecular flexibility index (Phi) is 12.4. The number of benzene rings is 2. The monoisotopic (exact) mass is 347 g/mol. The second-order valence-corrected chi connectivity index (χ2v) is 4.37. The molecule has 0 spiro atoms. The van der Waals surface area contributed by atoms with E-state index in [0.717, 1.165) is 11.1 Å². The summed E-state index contributed by atoms with van der Waals surface area (Å²) >= 11 is 0. The minimum Gasteiger partial charge on any atom is -0.506 e. The van der Waals surface area contributed by atoms with Crippen molar-refractivity contribution in [1.29, 1.82) is 0 Å². The van der Waals surface area contributed by atoms with Crippen LogP contribution in [0.5, 0.6) is 5.75 Å². The molecule has 0 fully saturated rings. The maximum absolute atomic E-state index is 11.0. The molecule has 2 rings (SSSR count). The van der Waals surface area contributed by atoms with Gasteiger partial charge in [0.05, 0.1) is 4.92 Å². The summed E-state index contributed by atoms with van der Waals surface area (Å²) in [6, 6.07) is 9.48. The van der Waals surface area contributed by atoms with E-state index in [1.165, 1.54) is 12.1 Å². The van der Waals surface area contributed by atoms with Crippen LogP contribution in [0.25, 0.3) is 0 Å². The molecule has 0 aliphatic rings. The molecular weight excluding hydrogens is 318 g/mol. The van der Waals surface area contributed by atoms with E-state index < -0.39 is 4.92 Å². The molecular formula is C19H29N3O3. The highest BCUT2D eigenvalue weighted by molar-refractivity contribution is 5.61. The van der Waals surface area contributed by atoms with Gasteiger partial charge in [-0.3, -0.25) is 10.1 Å². The van der Waals surface area contributed by atoms with Crippen LogP contribution in [0.15, 0.2) is 46.6 Å². The van der Waals surface area contributed by atoms with Gasteiger partial charge in [0, 0.05) is 6.07 Å². The molecule has 2 aromatic carbocycles. The number of hydrogen-bond donors (Lipinski definition) is 1. The second kappa shape index (κ2) is 12.6.